The standard InChI is InChI=1S/C14H23N5/c15-7-11(12-17-13(16)19-18-12)14-4-8-1-9(5-14)3-10(2-8)6-14/h8-11H,1-7,15H2,(H3,16,17,18,19). The fraction of sp³-hybridized carbons (Fsp3) is 0.857. The van der Waals surface area contributed by atoms with E-state index in [1.165, 1.54) is 38.5 Å². The molecule has 4 saturated carbocycles. The first kappa shape index (κ1) is 11.7. The van der Waals surface area contributed by atoms with Crippen LogP contribution in [0.3, 0.4) is 0 Å². The molecule has 5 rings (SSSR count). The maximum absolute atomic E-state index is 6.11. The highest BCUT2D eigenvalue weighted by Gasteiger charge is 2.54. The van der Waals surface area contributed by atoms with Crippen molar-refractivity contribution in [3.8, 4) is 0 Å². The third-order valence-corrected chi connectivity index (χ3v) is 5.91. The lowest BCUT2D eigenvalue weighted by Crippen LogP contribution is -2.50. The van der Waals surface area contributed by atoms with Gasteiger partial charge in [0.15, 0.2) is 0 Å². The molecule has 0 amide bonds. The smallest absolute Gasteiger partial charge is 0.239 e. The molecule has 19 heavy (non-hydrogen) atoms. The molecule has 5 nitrogen and oxygen atoms in total. The van der Waals surface area contributed by atoms with Crippen molar-refractivity contribution in [2.24, 2.45) is 28.9 Å². The molecule has 4 bridgehead atoms. The molecule has 1 aromatic heterocycles. The van der Waals surface area contributed by atoms with Gasteiger partial charge in [-0.25, -0.2) is 0 Å². The minimum Gasteiger partial charge on any atom is -0.367 e. The molecule has 0 radical (unpaired) electrons. The van der Waals surface area contributed by atoms with Crippen LogP contribution in [0.15, 0.2) is 0 Å². The summed E-state index contributed by atoms with van der Waals surface area (Å²) in [6.07, 6.45) is 8.36. The zero-order chi connectivity index (χ0) is 13.0. The van der Waals surface area contributed by atoms with Crippen molar-refractivity contribution in [3.05, 3.63) is 5.82 Å². The van der Waals surface area contributed by atoms with E-state index in [2.05, 4.69) is 15.2 Å². The van der Waals surface area contributed by atoms with Crippen LogP contribution in [-0.2, 0) is 0 Å². The molecular weight excluding hydrogens is 238 g/mol. The highest BCUT2D eigenvalue weighted by Crippen LogP contribution is 2.64. The van der Waals surface area contributed by atoms with Gasteiger partial charge in [-0.1, -0.05) is 0 Å². The first-order chi connectivity index (χ1) is 9.18. The summed E-state index contributed by atoms with van der Waals surface area (Å²) in [7, 11) is 0. The zero-order valence-corrected chi connectivity index (χ0v) is 11.3. The number of nitrogens with two attached hydrogens (primary N) is 2. The summed E-state index contributed by atoms with van der Waals surface area (Å²) in [5.41, 5.74) is 12.1. The van der Waals surface area contributed by atoms with Gasteiger partial charge in [0.2, 0.25) is 5.95 Å². The number of hydrogen-bond donors (Lipinski definition) is 3. The maximum Gasteiger partial charge on any atom is 0.239 e. The number of hydrogen-bond acceptors (Lipinski definition) is 4. The lowest BCUT2D eigenvalue weighted by molar-refractivity contribution is -0.0684. The maximum atomic E-state index is 6.11. The average molecular weight is 261 g/mol. The number of aromatic amines is 1. The number of nitrogen functional groups attached to an aromatic ring is 1. The van der Waals surface area contributed by atoms with Gasteiger partial charge in [-0.2, -0.15) is 4.98 Å². The second-order valence-corrected chi connectivity index (χ2v) is 7.15. The summed E-state index contributed by atoms with van der Waals surface area (Å²) in [6, 6.07) is 0. The second-order valence-electron chi connectivity index (χ2n) is 7.15. The molecule has 0 aromatic carbocycles. The quantitative estimate of drug-likeness (QED) is 0.771. The van der Waals surface area contributed by atoms with Gasteiger partial charge < -0.3 is 11.5 Å². The van der Waals surface area contributed by atoms with Gasteiger partial charge >= 0.3 is 0 Å². The Labute approximate surface area is 113 Å². The number of H-pyrrole nitrogens is 1. The first-order valence-electron chi connectivity index (χ1n) is 7.56. The monoisotopic (exact) mass is 261 g/mol. The Balaban J connectivity index is 1.69. The van der Waals surface area contributed by atoms with E-state index in [1.54, 1.807) is 0 Å². The van der Waals surface area contributed by atoms with E-state index in [0.717, 1.165) is 23.6 Å². The molecular formula is C14H23N5. The molecule has 1 atom stereocenters. The Morgan fingerprint density at radius 1 is 1.16 bits per heavy atom. The summed E-state index contributed by atoms with van der Waals surface area (Å²) in [4.78, 5) is 4.37. The van der Waals surface area contributed by atoms with Crippen molar-refractivity contribution in [1.82, 2.24) is 15.2 Å². The van der Waals surface area contributed by atoms with Crippen LogP contribution in [0.25, 0.3) is 0 Å². The molecule has 0 spiro atoms. The molecule has 0 aliphatic heterocycles. The van der Waals surface area contributed by atoms with E-state index in [4.69, 9.17) is 11.5 Å². The van der Waals surface area contributed by atoms with Crippen LogP contribution in [0.5, 0.6) is 0 Å². The summed E-state index contributed by atoms with van der Waals surface area (Å²) in [5, 5.41) is 7.01. The van der Waals surface area contributed by atoms with Crippen LogP contribution in [0.4, 0.5) is 5.95 Å². The number of nitrogens with zero attached hydrogens (tertiary/aromatic N) is 2. The zero-order valence-electron chi connectivity index (χ0n) is 11.3. The van der Waals surface area contributed by atoms with Crippen molar-refractivity contribution >= 4 is 5.95 Å². The lowest BCUT2D eigenvalue weighted by atomic mass is 9.46. The van der Waals surface area contributed by atoms with Crippen molar-refractivity contribution in [2.45, 2.75) is 44.4 Å². The molecule has 5 heteroatoms. The minimum absolute atomic E-state index is 0.311. The Bertz CT molecular complexity index is 445. The SMILES string of the molecule is NCC(c1nc(N)n[nH]1)C12CC3CC(CC(C3)C1)C2. The van der Waals surface area contributed by atoms with Crippen molar-refractivity contribution in [3.63, 3.8) is 0 Å². The number of rotatable bonds is 3. The Morgan fingerprint density at radius 2 is 1.74 bits per heavy atom. The predicted molar refractivity (Wildman–Crippen MR) is 73.2 cm³/mol. The van der Waals surface area contributed by atoms with Gasteiger partial charge in [-0.15, -0.1) is 5.10 Å². The molecule has 0 saturated heterocycles. The second kappa shape index (κ2) is 3.95. The van der Waals surface area contributed by atoms with Crippen molar-refractivity contribution in [2.75, 3.05) is 12.3 Å². The van der Waals surface area contributed by atoms with E-state index < -0.39 is 0 Å². The average Bonchev–Trinajstić information content (AvgIpc) is 2.74. The molecule has 5 N–H and O–H groups in total. The van der Waals surface area contributed by atoms with E-state index in [1.807, 2.05) is 0 Å². The van der Waals surface area contributed by atoms with Gasteiger partial charge in [0, 0.05) is 12.5 Å². The van der Waals surface area contributed by atoms with Crippen LogP contribution >= 0.6 is 0 Å². The van der Waals surface area contributed by atoms with Crippen LogP contribution in [0, 0.1) is 23.2 Å². The predicted octanol–water partition coefficient (Wildman–Crippen LogP) is 1.65. The number of nitrogens with one attached hydrogen (secondary N) is 1. The topological polar surface area (TPSA) is 93.6 Å². The Morgan fingerprint density at radius 3 is 2.16 bits per heavy atom. The Hall–Kier alpha value is -1.10. The number of anilines is 1. The lowest BCUT2D eigenvalue weighted by Gasteiger charge is -2.59. The number of aromatic nitrogens is 3. The third-order valence-electron chi connectivity index (χ3n) is 5.91. The van der Waals surface area contributed by atoms with E-state index in [9.17, 15) is 0 Å². The Kier molecular flexibility index (Phi) is 2.43. The minimum atomic E-state index is 0.311. The highest BCUT2D eigenvalue weighted by molar-refractivity contribution is 5.19. The van der Waals surface area contributed by atoms with Crippen LogP contribution in [-0.4, -0.2) is 21.7 Å². The summed E-state index contributed by atoms with van der Waals surface area (Å²) < 4.78 is 0. The molecule has 1 aromatic rings. The van der Waals surface area contributed by atoms with Gasteiger partial charge in [0.1, 0.15) is 5.82 Å². The highest BCUT2D eigenvalue weighted by atomic mass is 15.3. The molecule has 4 aliphatic carbocycles. The summed E-state index contributed by atoms with van der Waals surface area (Å²) in [6.45, 7) is 0.654. The van der Waals surface area contributed by atoms with E-state index in [-0.39, 0.29) is 0 Å². The summed E-state index contributed by atoms with van der Waals surface area (Å²) >= 11 is 0. The molecule has 1 heterocycles. The van der Waals surface area contributed by atoms with Crippen LogP contribution < -0.4 is 11.5 Å². The fourth-order valence-electron chi connectivity index (χ4n) is 5.70. The summed E-state index contributed by atoms with van der Waals surface area (Å²) in [5.74, 6) is 4.37. The normalized spacial score (nSPS) is 41.6. The van der Waals surface area contributed by atoms with Gasteiger partial charge in [-0.05, 0) is 61.7 Å². The van der Waals surface area contributed by atoms with E-state index >= 15 is 0 Å². The van der Waals surface area contributed by atoms with Gasteiger partial charge in [0.25, 0.3) is 0 Å². The molecule has 4 fully saturated rings. The van der Waals surface area contributed by atoms with Crippen LogP contribution in [0.2, 0.25) is 0 Å². The van der Waals surface area contributed by atoms with Crippen LogP contribution in [0.1, 0.15) is 50.3 Å². The van der Waals surface area contributed by atoms with Crippen molar-refractivity contribution in [1.29, 1.82) is 0 Å². The third kappa shape index (κ3) is 1.71. The van der Waals surface area contributed by atoms with Gasteiger partial charge in [-0.3, -0.25) is 5.10 Å². The van der Waals surface area contributed by atoms with E-state index in [0.29, 0.717) is 23.8 Å². The fourth-order valence-corrected chi connectivity index (χ4v) is 5.70. The molecule has 104 valence electrons. The molecule has 4 aliphatic rings. The van der Waals surface area contributed by atoms with Crippen molar-refractivity contribution < 1.29 is 0 Å². The van der Waals surface area contributed by atoms with Gasteiger partial charge in [0.05, 0.1) is 0 Å². The molecule has 1 unspecified atom stereocenters. The largest absolute Gasteiger partial charge is 0.367 e. The first-order valence-corrected chi connectivity index (χ1v) is 7.56.